The highest BCUT2D eigenvalue weighted by atomic mass is 16.1. The van der Waals surface area contributed by atoms with E-state index in [1.54, 1.807) is 44.4 Å². The molecule has 0 aromatic carbocycles. The van der Waals surface area contributed by atoms with Crippen LogP contribution in [-0.2, 0) is 7.05 Å². The zero-order valence-electron chi connectivity index (χ0n) is 10.0. The van der Waals surface area contributed by atoms with Gasteiger partial charge in [0.1, 0.15) is 5.65 Å². The topological polar surface area (TPSA) is 56.4 Å². The highest BCUT2D eigenvalue weighted by Crippen LogP contribution is 2.07. The monoisotopic (exact) mass is 241 g/mol. The van der Waals surface area contributed by atoms with Crippen LogP contribution in [0.5, 0.6) is 0 Å². The molecule has 3 rings (SSSR count). The van der Waals surface area contributed by atoms with E-state index >= 15 is 0 Å². The molecule has 3 aromatic heterocycles. The second kappa shape index (κ2) is 3.53. The van der Waals surface area contributed by atoms with E-state index in [-0.39, 0.29) is 11.1 Å². The highest BCUT2D eigenvalue weighted by Gasteiger charge is 2.10. The highest BCUT2D eigenvalue weighted by molar-refractivity contribution is 5.76. The number of aryl methyl sites for hydroxylation is 2. The molecule has 0 saturated heterocycles. The van der Waals surface area contributed by atoms with Crippen LogP contribution in [-0.4, -0.2) is 14.0 Å². The SMILES string of the molecule is Cc1cc2c(=O)n3ccccc3nc2n(C)c1=O. The molecule has 0 atom stereocenters. The van der Waals surface area contributed by atoms with Gasteiger partial charge in [0.25, 0.3) is 11.1 Å². The molecule has 0 fully saturated rings. The fourth-order valence-electron chi connectivity index (χ4n) is 2.11. The number of hydrogen-bond acceptors (Lipinski definition) is 3. The van der Waals surface area contributed by atoms with Crippen LogP contribution in [0.25, 0.3) is 16.7 Å². The molecule has 0 amide bonds. The molecular formula is C13H11N3O2. The maximum absolute atomic E-state index is 12.3. The Morgan fingerprint density at radius 1 is 1.17 bits per heavy atom. The van der Waals surface area contributed by atoms with Gasteiger partial charge in [-0.15, -0.1) is 0 Å². The average molecular weight is 241 g/mol. The van der Waals surface area contributed by atoms with E-state index in [2.05, 4.69) is 4.98 Å². The van der Waals surface area contributed by atoms with E-state index in [0.717, 1.165) is 0 Å². The predicted molar refractivity (Wildman–Crippen MR) is 68.9 cm³/mol. The Morgan fingerprint density at radius 3 is 2.72 bits per heavy atom. The molecule has 0 aliphatic heterocycles. The minimum absolute atomic E-state index is 0.130. The number of nitrogens with zero attached hydrogens (tertiary/aromatic N) is 3. The molecule has 0 unspecified atom stereocenters. The van der Waals surface area contributed by atoms with Crippen LogP contribution in [0.2, 0.25) is 0 Å². The van der Waals surface area contributed by atoms with Gasteiger partial charge in [0.15, 0.2) is 5.65 Å². The molecule has 3 heterocycles. The smallest absolute Gasteiger partial charge is 0.267 e. The van der Waals surface area contributed by atoms with Crippen molar-refractivity contribution >= 4 is 16.7 Å². The predicted octanol–water partition coefficient (Wildman–Crippen LogP) is 0.855. The standard InChI is InChI=1S/C13H11N3O2/c1-8-7-9-11(15(2)12(8)17)14-10-5-3-4-6-16(10)13(9)18/h3-7H,1-2H3. The van der Waals surface area contributed by atoms with Gasteiger partial charge < -0.3 is 0 Å². The van der Waals surface area contributed by atoms with Crippen LogP contribution >= 0.6 is 0 Å². The van der Waals surface area contributed by atoms with E-state index < -0.39 is 0 Å². The summed E-state index contributed by atoms with van der Waals surface area (Å²) < 4.78 is 2.89. The van der Waals surface area contributed by atoms with Gasteiger partial charge in [-0.1, -0.05) is 6.07 Å². The number of hydrogen-bond donors (Lipinski definition) is 0. The molecule has 0 N–H and O–H groups in total. The van der Waals surface area contributed by atoms with Crippen LogP contribution in [0.4, 0.5) is 0 Å². The Kier molecular flexibility index (Phi) is 2.10. The third kappa shape index (κ3) is 1.30. The van der Waals surface area contributed by atoms with Gasteiger partial charge in [-0.3, -0.25) is 18.6 Å². The first kappa shape index (κ1) is 10.7. The molecular weight excluding hydrogens is 230 g/mol. The van der Waals surface area contributed by atoms with Crippen molar-refractivity contribution in [1.29, 1.82) is 0 Å². The summed E-state index contributed by atoms with van der Waals surface area (Å²) in [6.07, 6.45) is 1.67. The lowest BCUT2D eigenvalue weighted by Gasteiger charge is -2.07. The number of fused-ring (bicyclic) bond motifs is 2. The van der Waals surface area contributed by atoms with Crippen LogP contribution in [0, 0.1) is 6.92 Å². The molecule has 0 spiro atoms. The maximum atomic E-state index is 12.3. The van der Waals surface area contributed by atoms with Gasteiger partial charge in [0.2, 0.25) is 0 Å². The van der Waals surface area contributed by atoms with Crippen molar-refractivity contribution in [3.63, 3.8) is 0 Å². The lowest BCUT2D eigenvalue weighted by atomic mass is 10.2. The molecule has 5 nitrogen and oxygen atoms in total. The van der Waals surface area contributed by atoms with Crippen molar-refractivity contribution < 1.29 is 0 Å². The largest absolute Gasteiger partial charge is 0.295 e. The maximum Gasteiger partial charge on any atom is 0.267 e. The zero-order valence-corrected chi connectivity index (χ0v) is 10.0. The van der Waals surface area contributed by atoms with Crippen molar-refractivity contribution in [3.05, 3.63) is 56.7 Å². The summed E-state index contributed by atoms with van der Waals surface area (Å²) in [6.45, 7) is 1.70. The number of pyridine rings is 2. The minimum atomic E-state index is -0.158. The molecule has 3 aromatic rings. The number of aromatic nitrogens is 3. The fraction of sp³-hybridized carbons (Fsp3) is 0.154. The number of rotatable bonds is 0. The van der Waals surface area contributed by atoms with Crippen molar-refractivity contribution in [2.75, 3.05) is 0 Å². The van der Waals surface area contributed by atoms with Crippen molar-refractivity contribution in [2.24, 2.45) is 7.05 Å². The van der Waals surface area contributed by atoms with E-state index in [1.165, 1.54) is 8.97 Å². The summed E-state index contributed by atoms with van der Waals surface area (Å²) in [4.78, 5) is 28.5. The summed E-state index contributed by atoms with van der Waals surface area (Å²) in [6, 6.07) is 6.92. The third-order valence-corrected chi connectivity index (χ3v) is 3.07. The van der Waals surface area contributed by atoms with Gasteiger partial charge in [0, 0.05) is 18.8 Å². The van der Waals surface area contributed by atoms with Gasteiger partial charge in [-0.05, 0) is 25.1 Å². The van der Waals surface area contributed by atoms with Crippen LogP contribution < -0.4 is 11.1 Å². The van der Waals surface area contributed by atoms with E-state index in [0.29, 0.717) is 22.2 Å². The van der Waals surface area contributed by atoms with Crippen molar-refractivity contribution in [1.82, 2.24) is 14.0 Å². The first-order valence-electron chi connectivity index (χ1n) is 5.57. The zero-order chi connectivity index (χ0) is 12.9. The van der Waals surface area contributed by atoms with Crippen LogP contribution in [0.3, 0.4) is 0 Å². The van der Waals surface area contributed by atoms with Gasteiger partial charge in [-0.25, -0.2) is 4.98 Å². The summed E-state index contributed by atoms with van der Waals surface area (Å²) >= 11 is 0. The summed E-state index contributed by atoms with van der Waals surface area (Å²) in [5.74, 6) is 0. The molecule has 0 saturated carbocycles. The Hall–Kier alpha value is -2.43. The Balaban J connectivity index is 2.69. The van der Waals surface area contributed by atoms with Gasteiger partial charge in [0.05, 0.1) is 5.39 Å². The second-order valence-corrected chi connectivity index (χ2v) is 4.27. The summed E-state index contributed by atoms with van der Waals surface area (Å²) in [7, 11) is 1.63. The van der Waals surface area contributed by atoms with E-state index in [1.807, 2.05) is 0 Å². The molecule has 90 valence electrons. The van der Waals surface area contributed by atoms with E-state index in [4.69, 9.17) is 0 Å². The normalized spacial score (nSPS) is 11.2. The van der Waals surface area contributed by atoms with Gasteiger partial charge >= 0.3 is 0 Å². The summed E-state index contributed by atoms with van der Waals surface area (Å²) in [5.41, 5.74) is 1.21. The quantitative estimate of drug-likeness (QED) is 0.548. The summed E-state index contributed by atoms with van der Waals surface area (Å²) in [5, 5.41) is 0.457. The molecule has 0 bridgehead atoms. The molecule has 5 heteroatoms. The molecule has 18 heavy (non-hydrogen) atoms. The van der Waals surface area contributed by atoms with E-state index in [9.17, 15) is 9.59 Å². The van der Waals surface area contributed by atoms with Gasteiger partial charge in [-0.2, -0.15) is 0 Å². The Bertz CT molecular complexity index is 890. The minimum Gasteiger partial charge on any atom is -0.295 e. The molecule has 0 radical (unpaired) electrons. The van der Waals surface area contributed by atoms with Crippen molar-refractivity contribution in [2.45, 2.75) is 6.92 Å². The first-order valence-corrected chi connectivity index (χ1v) is 5.57. The van der Waals surface area contributed by atoms with Crippen LogP contribution in [0.1, 0.15) is 5.56 Å². The lowest BCUT2D eigenvalue weighted by Crippen LogP contribution is -2.24. The Morgan fingerprint density at radius 2 is 1.94 bits per heavy atom. The van der Waals surface area contributed by atoms with Crippen LogP contribution in [0.15, 0.2) is 40.1 Å². The lowest BCUT2D eigenvalue weighted by molar-refractivity contribution is 0.870. The Labute approximate surface area is 102 Å². The third-order valence-electron chi connectivity index (χ3n) is 3.07. The molecule has 0 aliphatic carbocycles. The first-order chi connectivity index (χ1) is 8.59. The average Bonchev–Trinajstić information content (AvgIpc) is 2.38. The second-order valence-electron chi connectivity index (χ2n) is 4.27. The van der Waals surface area contributed by atoms with Crippen molar-refractivity contribution in [3.8, 4) is 0 Å². The molecule has 0 aliphatic rings. The fourth-order valence-corrected chi connectivity index (χ4v) is 2.11.